The minimum absolute atomic E-state index is 0.0252. The molecule has 0 spiro atoms. The number of halogens is 2. The molecule has 2 N–H and O–H groups in total. The predicted molar refractivity (Wildman–Crippen MR) is 104 cm³/mol. The molecule has 11 heteroatoms. The van der Waals surface area contributed by atoms with Gasteiger partial charge in [-0.1, -0.05) is 6.07 Å². The second-order valence-electron chi connectivity index (χ2n) is 7.99. The summed E-state index contributed by atoms with van der Waals surface area (Å²) in [6, 6.07) is 2.68. The first-order valence-electron chi connectivity index (χ1n) is 10.1. The summed E-state index contributed by atoms with van der Waals surface area (Å²) in [4.78, 5) is 39.8. The van der Waals surface area contributed by atoms with E-state index in [-0.39, 0.29) is 36.5 Å². The van der Waals surface area contributed by atoms with Gasteiger partial charge in [0.25, 0.3) is 11.8 Å². The van der Waals surface area contributed by atoms with Gasteiger partial charge in [0.05, 0.1) is 31.9 Å². The van der Waals surface area contributed by atoms with Gasteiger partial charge in [-0.15, -0.1) is 0 Å². The lowest BCUT2D eigenvalue weighted by atomic mass is 10.0. The van der Waals surface area contributed by atoms with E-state index in [9.17, 15) is 28.3 Å². The normalized spacial score (nSPS) is 24.0. The molecule has 0 radical (unpaired) electrons. The second kappa shape index (κ2) is 7.68. The van der Waals surface area contributed by atoms with E-state index in [1.165, 1.54) is 21.7 Å². The minimum Gasteiger partial charge on any atom is -0.503 e. The molecule has 5 rings (SSSR count). The molecular weight excluding hydrogens is 428 g/mol. The molecule has 2 aromatic rings. The molecular formula is C21H19F2N3O6. The van der Waals surface area contributed by atoms with Gasteiger partial charge in [0.15, 0.2) is 17.7 Å². The summed E-state index contributed by atoms with van der Waals surface area (Å²) < 4.78 is 39.6. The molecule has 168 valence electrons. The van der Waals surface area contributed by atoms with Crippen molar-refractivity contribution in [2.75, 3.05) is 13.2 Å². The van der Waals surface area contributed by atoms with Gasteiger partial charge in [-0.05, 0) is 12.5 Å². The molecule has 2 fully saturated rings. The Bertz CT molecular complexity index is 1180. The summed E-state index contributed by atoms with van der Waals surface area (Å²) in [5.74, 6) is -3.88. The third kappa shape index (κ3) is 3.33. The third-order valence-electron chi connectivity index (χ3n) is 5.95. The molecule has 1 aromatic carbocycles. The van der Waals surface area contributed by atoms with E-state index in [0.29, 0.717) is 25.7 Å². The Morgan fingerprint density at radius 2 is 2.06 bits per heavy atom. The number of amides is 2. The van der Waals surface area contributed by atoms with Gasteiger partial charge in [-0.2, -0.15) is 0 Å². The van der Waals surface area contributed by atoms with Crippen LogP contribution in [0.5, 0.6) is 5.75 Å². The highest BCUT2D eigenvalue weighted by Gasteiger charge is 2.46. The summed E-state index contributed by atoms with van der Waals surface area (Å²) in [6.07, 6.45) is 1.01. The van der Waals surface area contributed by atoms with Crippen molar-refractivity contribution in [2.24, 2.45) is 0 Å². The molecule has 3 aliphatic rings. The van der Waals surface area contributed by atoms with E-state index in [2.05, 4.69) is 5.32 Å². The molecule has 0 aliphatic carbocycles. The molecule has 2 amide bonds. The molecule has 9 nitrogen and oxygen atoms in total. The Morgan fingerprint density at radius 3 is 2.84 bits per heavy atom. The Hall–Kier alpha value is -3.31. The summed E-state index contributed by atoms with van der Waals surface area (Å²) in [6.45, 7) is 0.585. The fraction of sp³-hybridized carbons (Fsp3) is 0.381. The van der Waals surface area contributed by atoms with E-state index >= 15 is 0 Å². The van der Waals surface area contributed by atoms with Crippen LogP contribution in [0.25, 0.3) is 0 Å². The average Bonchev–Trinajstić information content (AvgIpc) is 2.75. The van der Waals surface area contributed by atoms with Crippen molar-refractivity contribution >= 4 is 11.8 Å². The topological polar surface area (TPSA) is 110 Å². The van der Waals surface area contributed by atoms with Gasteiger partial charge in [-0.25, -0.2) is 8.78 Å². The second-order valence-corrected chi connectivity index (χ2v) is 7.99. The average molecular weight is 447 g/mol. The molecule has 2 saturated heterocycles. The number of fused-ring (bicyclic) bond motifs is 5. The number of aromatic hydroxyl groups is 1. The Balaban J connectivity index is 1.43. The maximum Gasteiger partial charge on any atom is 0.276 e. The zero-order valence-corrected chi connectivity index (χ0v) is 16.7. The number of ether oxygens (including phenoxy) is 2. The summed E-state index contributed by atoms with van der Waals surface area (Å²) in [7, 11) is 0. The van der Waals surface area contributed by atoms with Crippen molar-refractivity contribution in [3.8, 4) is 5.75 Å². The number of carbonyl (C=O) groups excluding carboxylic acids is 2. The molecule has 2 bridgehead atoms. The number of nitrogens with zero attached hydrogens (tertiary/aromatic N) is 2. The van der Waals surface area contributed by atoms with E-state index < -0.39 is 46.4 Å². The van der Waals surface area contributed by atoms with Crippen LogP contribution in [0, 0.1) is 11.6 Å². The van der Waals surface area contributed by atoms with Crippen LogP contribution < -0.4 is 10.7 Å². The van der Waals surface area contributed by atoms with Gasteiger partial charge >= 0.3 is 0 Å². The van der Waals surface area contributed by atoms with Gasteiger partial charge in [0.2, 0.25) is 5.43 Å². The Morgan fingerprint density at radius 1 is 1.25 bits per heavy atom. The predicted octanol–water partition coefficient (Wildman–Crippen LogP) is 0.732. The number of hydrogen-bond donors (Lipinski definition) is 2. The summed E-state index contributed by atoms with van der Waals surface area (Å²) in [5.41, 5.74) is -1.62. The number of rotatable bonds is 3. The minimum atomic E-state index is -1.02. The maximum absolute atomic E-state index is 13.8. The van der Waals surface area contributed by atoms with Crippen molar-refractivity contribution in [2.45, 2.75) is 37.9 Å². The first-order chi connectivity index (χ1) is 15.3. The van der Waals surface area contributed by atoms with Gasteiger partial charge in [-0.3, -0.25) is 14.4 Å². The van der Waals surface area contributed by atoms with Crippen LogP contribution in [0.3, 0.4) is 0 Å². The number of benzene rings is 1. The number of hydrogen-bond acceptors (Lipinski definition) is 6. The number of nitrogens with one attached hydrogen (secondary N) is 1. The lowest BCUT2D eigenvalue weighted by molar-refractivity contribution is -0.206. The molecule has 0 saturated carbocycles. The van der Waals surface area contributed by atoms with Crippen LogP contribution in [0.15, 0.2) is 29.2 Å². The fourth-order valence-corrected chi connectivity index (χ4v) is 4.42. The maximum atomic E-state index is 13.8. The highest BCUT2D eigenvalue weighted by atomic mass is 19.1. The van der Waals surface area contributed by atoms with Crippen LogP contribution in [0.4, 0.5) is 8.78 Å². The van der Waals surface area contributed by atoms with Crippen molar-refractivity contribution in [1.82, 2.24) is 14.8 Å². The molecule has 1 aromatic heterocycles. The van der Waals surface area contributed by atoms with E-state index in [4.69, 9.17) is 9.47 Å². The number of carbonyl (C=O) groups is 2. The Kier molecular flexibility index (Phi) is 4.94. The SMILES string of the molecule is O=C(NCc1ccc(F)cc1F)c1cn2c(c(O)c1=O)C(=O)N1[C@H]3COC[C@H](C3)O[C@@H]1C2. The van der Waals surface area contributed by atoms with Gasteiger partial charge < -0.3 is 29.4 Å². The van der Waals surface area contributed by atoms with Crippen molar-refractivity contribution < 1.29 is 33.0 Å². The molecule has 32 heavy (non-hydrogen) atoms. The first-order valence-corrected chi connectivity index (χ1v) is 10.1. The lowest BCUT2D eigenvalue weighted by Gasteiger charge is -2.49. The first kappa shape index (κ1) is 20.6. The van der Waals surface area contributed by atoms with Crippen LogP contribution in [-0.4, -0.2) is 58.0 Å². The quantitative estimate of drug-likeness (QED) is 0.718. The van der Waals surface area contributed by atoms with E-state index in [1.54, 1.807) is 0 Å². The van der Waals surface area contributed by atoms with Gasteiger partial charge in [0, 0.05) is 24.4 Å². The highest BCUT2D eigenvalue weighted by Crippen LogP contribution is 2.33. The number of pyridine rings is 1. The van der Waals surface area contributed by atoms with Crippen molar-refractivity contribution in [3.63, 3.8) is 0 Å². The zero-order valence-electron chi connectivity index (χ0n) is 16.7. The zero-order chi connectivity index (χ0) is 22.6. The molecule has 4 heterocycles. The van der Waals surface area contributed by atoms with E-state index in [1.807, 2.05) is 0 Å². The standard InChI is InChI=1S/C21H19F2N3O6/c22-11-2-1-10(15(23)3-11)5-24-20(29)14-6-25-7-16-26(12-4-13(32-16)9-31-8-12)21(30)17(25)19(28)18(14)27/h1-3,6,12-13,16,28H,4-5,7-9H2,(H,24,29)/t12-,13+,16-/m1/s1. The summed E-state index contributed by atoms with van der Waals surface area (Å²) >= 11 is 0. The van der Waals surface area contributed by atoms with Crippen LogP contribution >= 0.6 is 0 Å². The van der Waals surface area contributed by atoms with Crippen molar-refractivity contribution in [3.05, 3.63) is 63.1 Å². The molecule has 3 atom stereocenters. The van der Waals surface area contributed by atoms with Gasteiger partial charge in [0.1, 0.15) is 17.2 Å². The fourth-order valence-electron chi connectivity index (χ4n) is 4.42. The largest absolute Gasteiger partial charge is 0.503 e. The van der Waals surface area contributed by atoms with Crippen LogP contribution in [0.2, 0.25) is 0 Å². The lowest BCUT2D eigenvalue weighted by Crippen LogP contribution is -2.63. The van der Waals surface area contributed by atoms with Crippen LogP contribution in [-0.2, 0) is 22.6 Å². The summed E-state index contributed by atoms with van der Waals surface area (Å²) in [5, 5.41) is 12.9. The monoisotopic (exact) mass is 447 g/mol. The molecule has 3 aliphatic heterocycles. The smallest absolute Gasteiger partial charge is 0.276 e. The van der Waals surface area contributed by atoms with E-state index in [0.717, 1.165) is 6.07 Å². The third-order valence-corrected chi connectivity index (χ3v) is 5.95. The van der Waals surface area contributed by atoms with Crippen LogP contribution in [0.1, 0.15) is 32.8 Å². The highest BCUT2D eigenvalue weighted by molar-refractivity contribution is 5.99. The molecule has 0 unspecified atom stereocenters. The number of aromatic nitrogens is 1. The Labute approximate surface area is 180 Å². The van der Waals surface area contributed by atoms with Crippen molar-refractivity contribution in [1.29, 1.82) is 0 Å².